The predicted octanol–water partition coefficient (Wildman–Crippen LogP) is 2.37. The van der Waals surface area contributed by atoms with E-state index in [1.54, 1.807) is 0 Å². The van der Waals surface area contributed by atoms with Crippen molar-refractivity contribution in [2.45, 2.75) is 48.2 Å². The molecule has 13 heavy (non-hydrogen) atoms. The van der Waals surface area contributed by atoms with Crippen LogP contribution in [0.15, 0.2) is 0 Å². The Hall–Kier alpha value is 0.790. The van der Waals surface area contributed by atoms with Crippen LogP contribution in [-0.4, -0.2) is 53.0 Å². The molecule has 0 aliphatic rings. The van der Waals surface area contributed by atoms with E-state index in [9.17, 15) is 0 Å². The summed E-state index contributed by atoms with van der Waals surface area (Å²) in [5.74, 6) is 0. The quantitative estimate of drug-likeness (QED) is 0.744. The second kappa shape index (κ2) is 7.13. The Kier molecular flexibility index (Phi) is 7.56. The van der Waals surface area contributed by atoms with Crippen LogP contribution in [0.5, 0.6) is 0 Å². The first-order valence-corrected chi connectivity index (χ1v) is 13.3. The fourth-order valence-corrected chi connectivity index (χ4v) is 4.83. The summed E-state index contributed by atoms with van der Waals surface area (Å²) in [6, 6.07) is 0.601. The van der Waals surface area contributed by atoms with Crippen molar-refractivity contribution in [2.24, 2.45) is 0 Å². The normalized spacial score (nSPS) is 15.9. The Morgan fingerprint density at radius 1 is 1.15 bits per heavy atom. The van der Waals surface area contributed by atoms with Gasteiger partial charge in [-0.1, -0.05) is 0 Å². The Labute approximate surface area is 91.8 Å². The van der Waals surface area contributed by atoms with Gasteiger partial charge in [0.05, 0.1) is 0 Å². The minimum atomic E-state index is -1.51. The molecule has 0 amide bonds. The Morgan fingerprint density at radius 3 is 1.92 bits per heavy atom. The molecule has 0 spiro atoms. The van der Waals surface area contributed by atoms with Gasteiger partial charge in [0.15, 0.2) is 0 Å². The molecule has 3 heteroatoms. The molecule has 0 N–H and O–H groups in total. The molecular weight excluding hydrogens is 265 g/mol. The molecule has 0 aromatic rings. The van der Waals surface area contributed by atoms with Gasteiger partial charge in [-0.2, -0.15) is 0 Å². The molecule has 0 saturated carbocycles. The molecule has 0 bridgehead atoms. The molecule has 0 heterocycles. The number of nitrogens with zero attached hydrogens (tertiary/aromatic N) is 1. The van der Waals surface area contributed by atoms with E-state index >= 15 is 0 Å². The third kappa shape index (κ3) is 5.28. The van der Waals surface area contributed by atoms with Gasteiger partial charge in [0.1, 0.15) is 0 Å². The fourth-order valence-electron chi connectivity index (χ4n) is 1.77. The monoisotopic (exact) mass is 289 g/mol. The summed E-state index contributed by atoms with van der Waals surface area (Å²) in [6.07, 6.45) is 2.80. The maximum atomic E-state index is 6.08. The maximum absolute atomic E-state index is 6.08. The van der Waals surface area contributed by atoms with Crippen LogP contribution in [0.4, 0.5) is 0 Å². The van der Waals surface area contributed by atoms with Crippen molar-refractivity contribution in [2.75, 3.05) is 14.1 Å². The SMILES string of the molecule is CCC([O][In]([CH3])[CH3])C(CC)N(C)C. The number of hydrogen-bond donors (Lipinski definition) is 0. The van der Waals surface area contributed by atoms with Gasteiger partial charge < -0.3 is 0 Å². The molecule has 0 aliphatic carbocycles. The van der Waals surface area contributed by atoms with Gasteiger partial charge in [-0.3, -0.25) is 0 Å². The van der Waals surface area contributed by atoms with E-state index in [1.807, 2.05) is 0 Å². The Bertz CT molecular complexity index is 128. The molecule has 2 unspecified atom stereocenters. The van der Waals surface area contributed by atoms with Gasteiger partial charge in [0, 0.05) is 0 Å². The van der Waals surface area contributed by atoms with Crippen molar-refractivity contribution < 1.29 is 2.85 Å². The van der Waals surface area contributed by atoms with Crippen molar-refractivity contribution in [3.05, 3.63) is 0 Å². The zero-order valence-corrected chi connectivity index (χ0v) is 13.3. The van der Waals surface area contributed by atoms with E-state index in [-0.39, 0.29) is 0 Å². The predicted molar refractivity (Wildman–Crippen MR) is 60.4 cm³/mol. The van der Waals surface area contributed by atoms with E-state index < -0.39 is 21.9 Å². The molecule has 0 aromatic carbocycles. The second-order valence-corrected chi connectivity index (χ2v) is 10.8. The van der Waals surface area contributed by atoms with E-state index in [2.05, 4.69) is 42.2 Å². The van der Waals surface area contributed by atoms with Gasteiger partial charge >= 0.3 is 91.9 Å². The third-order valence-corrected chi connectivity index (χ3v) is 4.91. The van der Waals surface area contributed by atoms with Crippen LogP contribution in [0.2, 0.25) is 9.36 Å². The topological polar surface area (TPSA) is 12.5 Å². The molecular formula is C10H24InNO. The van der Waals surface area contributed by atoms with E-state index in [0.29, 0.717) is 12.1 Å². The van der Waals surface area contributed by atoms with Gasteiger partial charge in [-0.25, -0.2) is 0 Å². The van der Waals surface area contributed by atoms with Crippen LogP contribution < -0.4 is 0 Å². The zero-order valence-electron chi connectivity index (χ0n) is 10.0. The molecule has 0 rings (SSSR count). The van der Waals surface area contributed by atoms with E-state index in [1.165, 1.54) is 6.42 Å². The standard InChI is InChI=1S/C8H18NO.2CH3.In/c1-5-7(9(3)4)8(10)6-2;;;/h7-8H,5-6H2,1-4H3;2*1H3;/q-1;;;+1. The van der Waals surface area contributed by atoms with Crippen molar-refractivity contribution >= 4 is 21.9 Å². The Morgan fingerprint density at radius 2 is 1.69 bits per heavy atom. The van der Waals surface area contributed by atoms with Gasteiger partial charge in [0.2, 0.25) is 0 Å². The van der Waals surface area contributed by atoms with Gasteiger partial charge in [-0.05, 0) is 0 Å². The summed E-state index contributed by atoms with van der Waals surface area (Å²) in [6.45, 7) is 4.47. The molecule has 78 valence electrons. The van der Waals surface area contributed by atoms with Gasteiger partial charge in [-0.15, -0.1) is 0 Å². The van der Waals surface area contributed by atoms with Crippen molar-refractivity contribution in [3.8, 4) is 0 Å². The van der Waals surface area contributed by atoms with Gasteiger partial charge in [0.25, 0.3) is 0 Å². The molecule has 0 aliphatic heterocycles. The molecule has 0 aromatic heterocycles. The first kappa shape index (κ1) is 13.8. The summed E-state index contributed by atoms with van der Waals surface area (Å²) in [4.78, 5) is 2.29. The average Bonchev–Trinajstić information content (AvgIpc) is 2.02. The molecule has 0 fully saturated rings. The van der Waals surface area contributed by atoms with E-state index in [4.69, 9.17) is 2.85 Å². The summed E-state index contributed by atoms with van der Waals surface area (Å²) in [5, 5.41) is 0. The van der Waals surface area contributed by atoms with Crippen LogP contribution in [0.3, 0.4) is 0 Å². The van der Waals surface area contributed by atoms with Crippen LogP contribution in [-0.2, 0) is 2.85 Å². The first-order valence-electron chi connectivity index (χ1n) is 5.34. The zero-order chi connectivity index (χ0) is 10.4. The minimum absolute atomic E-state index is 0.468. The van der Waals surface area contributed by atoms with Crippen LogP contribution in [0, 0.1) is 0 Å². The summed E-state index contributed by atoms with van der Waals surface area (Å²) in [7, 11) is 4.30. The molecule has 2 nitrogen and oxygen atoms in total. The van der Waals surface area contributed by atoms with Crippen LogP contribution in [0.1, 0.15) is 26.7 Å². The second-order valence-electron chi connectivity index (χ2n) is 4.07. The summed E-state index contributed by atoms with van der Waals surface area (Å²) < 4.78 is 10.7. The number of likely N-dealkylation sites (N-methyl/N-ethyl adjacent to an activating group) is 1. The average molecular weight is 289 g/mol. The number of rotatable bonds is 6. The van der Waals surface area contributed by atoms with Crippen LogP contribution >= 0.6 is 0 Å². The summed E-state index contributed by atoms with van der Waals surface area (Å²) in [5.41, 5.74) is 0. The van der Waals surface area contributed by atoms with Crippen LogP contribution in [0.25, 0.3) is 0 Å². The molecule has 0 radical (unpaired) electrons. The third-order valence-electron chi connectivity index (χ3n) is 2.36. The first-order chi connectivity index (χ1) is 6.02. The summed E-state index contributed by atoms with van der Waals surface area (Å²) >= 11 is -1.51. The molecule has 0 saturated heterocycles. The fraction of sp³-hybridized carbons (Fsp3) is 1.00. The Balaban J connectivity index is 4.16. The molecule has 2 atom stereocenters. The number of hydrogen-bond acceptors (Lipinski definition) is 2. The van der Waals surface area contributed by atoms with E-state index in [0.717, 1.165) is 6.42 Å². The van der Waals surface area contributed by atoms with Crippen molar-refractivity contribution in [1.29, 1.82) is 0 Å². The van der Waals surface area contributed by atoms with Crippen molar-refractivity contribution in [3.63, 3.8) is 0 Å². The van der Waals surface area contributed by atoms with Crippen molar-refractivity contribution in [1.82, 2.24) is 4.90 Å².